The number of amides is 10. The lowest BCUT2D eigenvalue weighted by molar-refractivity contribution is -0.146. The number of aliphatic hydroxyl groups excluding tert-OH is 1. The predicted octanol–water partition coefficient (Wildman–Crippen LogP) is 4.12. The highest BCUT2D eigenvalue weighted by Crippen LogP contribution is 2.30. The number of hydrogen-bond acceptors (Lipinski definition) is 16. The maximum atomic E-state index is 14.7. The molecule has 7 N–H and O–H groups in total. The molecule has 0 saturated carbocycles. The Morgan fingerprint density at radius 1 is 0.756 bits per heavy atom. The van der Waals surface area contributed by atoms with Crippen molar-refractivity contribution in [2.45, 2.75) is 181 Å². The average molecular weight is 1280 g/mol. The molecule has 0 spiro atoms. The minimum absolute atomic E-state index is 0.00186. The first kappa shape index (κ1) is 75.1. The van der Waals surface area contributed by atoms with Gasteiger partial charge in [0.25, 0.3) is 21.9 Å². The largest absolute Gasteiger partial charge is 0.444 e. The molecule has 1 fully saturated rings. The van der Waals surface area contributed by atoms with E-state index in [-0.39, 0.29) is 67.6 Å². The van der Waals surface area contributed by atoms with Crippen LogP contribution in [0.1, 0.15) is 132 Å². The van der Waals surface area contributed by atoms with E-state index in [0.29, 0.717) is 31.4 Å². The number of benzene rings is 2. The lowest BCUT2D eigenvalue weighted by atomic mass is 9.89. The number of carbonyl (C=O) groups is 10. The molecule has 2 aliphatic heterocycles. The van der Waals surface area contributed by atoms with Gasteiger partial charge in [-0.2, -0.15) is 8.42 Å². The van der Waals surface area contributed by atoms with Crippen LogP contribution in [0.15, 0.2) is 65.6 Å². The predicted molar refractivity (Wildman–Crippen MR) is 333 cm³/mol. The van der Waals surface area contributed by atoms with Gasteiger partial charge in [-0.05, 0) is 74.5 Å². The summed E-state index contributed by atoms with van der Waals surface area (Å²) in [4.78, 5) is 138. The van der Waals surface area contributed by atoms with Crippen LogP contribution in [0.2, 0.25) is 0 Å². The molecule has 2 aromatic carbocycles. The summed E-state index contributed by atoms with van der Waals surface area (Å²) in [5, 5.41) is 24.2. The lowest BCUT2D eigenvalue weighted by Crippen LogP contribution is -2.60. The van der Waals surface area contributed by atoms with E-state index in [9.17, 15) is 66.0 Å². The molecular weight excluding hydrogens is 1190 g/mol. The number of carbonyl (C=O) groups excluding carboxylic acids is 10. The van der Waals surface area contributed by atoms with Crippen LogP contribution in [0.25, 0.3) is 0 Å². The zero-order valence-corrected chi connectivity index (χ0v) is 55.2. The minimum atomic E-state index is -5.03. The first-order valence-corrected chi connectivity index (χ1v) is 32.1. The third-order valence-corrected chi connectivity index (χ3v) is 17.4. The average Bonchev–Trinajstić information content (AvgIpc) is 1.58. The van der Waals surface area contributed by atoms with Crippen LogP contribution >= 0.6 is 0 Å². The molecule has 4 unspecified atom stereocenters. The topological polar surface area (TPSA) is 346 Å². The fourth-order valence-electron chi connectivity index (χ4n) is 11.0. The summed E-state index contributed by atoms with van der Waals surface area (Å²) in [5.74, 6) is -6.75. The highest BCUT2D eigenvalue weighted by atomic mass is 32.2. The van der Waals surface area contributed by atoms with Gasteiger partial charge < -0.3 is 55.7 Å². The summed E-state index contributed by atoms with van der Waals surface area (Å²) in [5.41, 5.74) is 0.345. The van der Waals surface area contributed by atoms with Gasteiger partial charge in [0.05, 0.1) is 50.5 Å². The van der Waals surface area contributed by atoms with Gasteiger partial charge in [0.2, 0.25) is 41.4 Å². The van der Waals surface area contributed by atoms with Crippen molar-refractivity contribution in [3.05, 3.63) is 71.8 Å². The zero-order chi connectivity index (χ0) is 67.5. The molecule has 90 heavy (non-hydrogen) atoms. The number of nitrogens with zero attached hydrogens (tertiary/aromatic N) is 4. The second kappa shape index (κ2) is 34.8. The Balaban J connectivity index is 1.37. The fourth-order valence-corrected chi connectivity index (χ4v) is 11.8. The standard InChI is InChI=1S/C63H95N9O17S/c1-15-39(8)56(47(87-14)34-52(76)71-28-19-22-46(71)32-40(9)58(78)64-41(10)57(77)43-20-17-16-18-21-43)69(12)62(82)54(37(4)5)68-61(81)55(38(6)7)70(13)63(83)89-35-44-23-24-45(33-48(44)90(84,85)86)66-59(79)42(11)65-60(80)53(36(2)3)67-49(73)27-30-88-31-29-72-50(74)25-26-51(72)75/h16-18,20-21,23-26,33,36-42,46-47,53-57,77H,15,19,22,27-32,34-35H2,1-14H3,(H,64,78)(H,65,80)(H,66,79)(H,67,73)(H,68,81)(H,84,85,86)/t39-,40+,41+,42?,46-,47+,53?,54?,55?,56-,57+/m0/s1. The first-order valence-electron chi connectivity index (χ1n) is 30.7. The normalized spacial score (nSPS) is 17.6. The number of aliphatic hydroxyl groups is 1. The van der Waals surface area contributed by atoms with Crippen molar-refractivity contribution < 1.29 is 80.2 Å². The third kappa shape index (κ3) is 21.1. The molecule has 1 saturated heterocycles. The van der Waals surface area contributed by atoms with Crippen LogP contribution in [0, 0.1) is 29.6 Å². The molecular formula is C63H95N9O17S. The lowest BCUT2D eigenvalue weighted by Gasteiger charge is -2.40. The quantitative estimate of drug-likeness (QED) is 0.0294. The number of likely N-dealkylation sites (N-methyl/N-ethyl adjacent to an activating group) is 2. The Hall–Kier alpha value is -7.33. The van der Waals surface area contributed by atoms with E-state index in [1.807, 2.05) is 32.0 Å². The maximum absolute atomic E-state index is 14.7. The van der Waals surface area contributed by atoms with Crippen molar-refractivity contribution >= 4 is 75.1 Å². The van der Waals surface area contributed by atoms with Crippen molar-refractivity contribution in [2.24, 2.45) is 29.6 Å². The van der Waals surface area contributed by atoms with Gasteiger partial charge in [0.1, 0.15) is 35.7 Å². The van der Waals surface area contributed by atoms with Gasteiger partial charge in [-0.15, -0.1) is 0 Å². The van der Waals surface area contributed by atoms with E-state index in [1.54, 1.807) is 79.5 Å². The minimum Gasteiger partial charge on any atom is -0.444 e. The molecule has 2 aromatic rings. The van der Waals surface area contributed by atoms with E-state index < -0.39 is 141 Å². The second-order valence-electron chi connectivity index (χ2n) is 24.4. The smallest absolute Gasteiger partial charge is 0.410 e. The SMILES string of the molecule is CC[C@H](C)[C@@H]([C@@H](CC(=O)N1CCC[C@H]1C[C@@H](C)C(=O)N[C@H](C)[C@@H](O)c1ccccc1)OC)N(C)C(=O)C(NC(=O)C(C(C)C)N(C)C(=O)OCc1ccc(NC(=O)C(C)NC(=O)C(NC(=O)CCOCCN2C(=O)C=CC2=O)C(C)C)cc1S(=O)(=O)O)C(C)C. The molecule has 500 valence electrons. The Morgan fingerprint density at radius 3 is 1.97 bits per heavy atom. The van der Waals surface area contributed by atoms with Crippen molar-refractivity contribution in [3.8, 4) is 0 Å². The van der Waals surface area contributed by atoms with Gasteiger partial charge in [-0.25, -0.2) is 4.79 Å². The summed E-state index contributed by atoms with van der Waals surface area (Å²) in [6, 6.07) is 6.33. The van der Waals surface area contributed by atoms with Gasteiger partial charge in [0, 0.05) is 69.5 Å². The summed E-state index contributed by atoms with van der Waals surface area (Å²) in [7, 11) is -0.658. The van der Waals surface area contributed by atoms with Crippen molar-refractivity contribution in [2.75, 3.05) is 52.8 Å². The van der Waals surface area contributed by atoms with Gasteiger partial charge in [-0.1, -0.05) is 105 Å². The number of imide groups is 1. The van der Waals surface area contributed by atoms with Crippen LogP contribution in [0.4, 0.5) is 10.5 Å². The number of ether oxygens (including phenoxy) is 3. The summed E-state index contributed by atoms with van der Waals surface area (Å²) in [6.07, 6.45) is 1.74. The number of methoxy groups -OCH3 is 1. The summed E-state index contributed by atoms with van der Waals surface area (Å²) in [6.45, 7) is 18.6. The fraction of sp³-hybridized carbons (Fsp3) is 0.619. The second-order valence-corrected chi connectivity index (χ2v) is 25.8. The van der Waals surface area contributed by atoms with Crippen LogP contribution in [-0.4, -0.2) is 193 Å². The third-order valence-electron chi connectivity index (χ3n) is 16.5. The van der Waals surface area contributed by atoms with Gasteiger partial charge >= 0.3 is 6.09 Å². The van der Waals surface area contributed by atoms with Gasteiger partial charge in [-0.3, -0.25) is 57.5 Å². The number of likely N-dealkylation sites (tertiary alicyclic amines) is 1. The zero-order valence-electron chi connectivity index (χ0n) is 54.3. The summed E-state index contributed by atoms with van der Waals surface area (Å²) < 4.78 is 52.7. The van der Waals surface area contributed by atoms with E-state index in [1.165, 1.54) is 38.1 Å². The summed E-state index contributed by atoms with van der Waals surface area (Å²) >= 11 is 0. The van der Waals surface area contributed by atoms with Crippen LogP contribution in [-0.2, 0) is 74.1 Å². The monoisotopic (exact) mass is 1280 g/mol. The number of nitrogens with one attached hydrogen (secondary N) is 5. The van der Waals surface area contributed by atoms with E-state index >= 15 is 0 Å². The molecule has 2 aliphatic rings. The number of rotatable bonds is 34. The van der Waals surface area contributed by atoms with Crippen molar-refractivity contribution in [1.29, 1.82) is 0 Å². The Labute approximate surface area is 529 Å². The molecule has 26 nitrogen and oxygen atoms in total. The molecule has 0 aromatic heterocycles. The van der Waals surface area contributed by atoms with Crippen LogP contribution in [0.3, 0.4) is 0 Å². The molecule has 11 atom stereocenters. The molecule has 4 rings (SSSR count). The highest BCUT2D eigenvalue weighted by Gasteiger charge is 2.42. The van der Waals surface area contributed by atoms with Crippen molar-refractivity contribution in [3.63, 3.8) is 0 Å². The van der Waals surface area contributed by atoms with E-state index in [4.69, 9.17) is 14.2 Å². The number of hydrogen-bond donors (Lipinski definition) is 7. The van der Waals surface area contributed by atoms with E-state index in [2.05, 4.69) is 26.6 Å². The molecule has 2 heterocycles. The molecule has 0 bridgehead atoms. The van der Waals surface area contributed by atoms with Gasteiger partial charge in [0.15, 0.2) is 0 Å². The van der Waals surface area contributed by atoms with E-state index in [0.717, 1.165) is 34.4 Å². The molecule has 10 amide bonds. The number of anilines is 1. The Kier molecular flexibility index (Phi) is 29.0. The Morgan fingerprint density at radius 2 is 1.39 bits per heavy atom. The molecule has 27 heteroatoms. The highest BCUT2D eigenvalue weighted by molar-refractivity contribution is 7.85. The van der Waals surface area contributed by atoms with Crippen LogP contribution in [0.5, 0.6) is 0 Å². The van der Waals surface area contributed by atoms with Crippen molar-refractivity contribution in [1.82, 2.24) is 40.9 Å². The first-order chi connectivity index (χ1) is 42.2. The molecule has 0 radical (unpaired) electrons. The Bertz CT molecular complexity index is 2960. The molecule has 0 aliphatic carbocycles. The van der Waals surface area contributed by atoms with Crippen LogP contribution < -0.4 is 26.6 Å². The maximum Gasteiger partial charge on any atom is 0.410 e.